The van der Waals surface area contributed by atoms with Gasteiger partial charge < -0.3 is 9.88 Å². The Labute approximate surface area is 136 Å². The standard InChI is InChI=1S/C18H22N4O/c23-18(17-2-1-7-20-17)22-12-15-3-4-16(22)13-21(11-15)10-14-5-8-19-9-6-14/h1-2,5-9,15-16,20H,3-4,10-13H2/t15-,16+/m0/s1. The van der Waals surface area contributed by atoms with Gasteiger partial charge in [-0.1, -0.05) is 0 Å². The van der Waals surface area contributed by atoms with Crippen LogP contribution in [0.15, 0.2) is 42.9 Å². The molecule has 1 N–H and O–H groups in total. The molecule has 5 rings (SSSR count). The average Bonchev–Trinajstić information content (AvgIpc) is 2.98. The van der Waals surface area contributed by atoms with Gasteiger partial charge in [0, 0.05) is 50.8 Å². The second-order valence-electron chi connectivity index (χ2n) is 6.69. The predicted octanol–water partition coefficient (Wildman–Crippen LogP) is 2.15. The smallest absolute Gasteiger partial charge is 0.270 e. The van der Waals surface area contributed by atoms with E-state index in [9.17, 15) is 4.79 Å². The van der Waals surface area contributed by atoms with Gasteiger partial charge in [-0.25, -0.2) is 0 Å². The predicted molar refractivity (Wildman–Crippen MR) is 87.9 cm³/mol. The number of carbonyl (C=O) groups is 1. The van der Waals surface area contributed by atoms with Crippen molar-refractivity contribution >= 4 is 5.91 Å². The third kappa shape index (κ3) is 3.01. The molecule has 0 saturated carbocycles. The van der Waals surface area contributed by atoms with E-state index in [1.165, 1.54) is 12.0 Å². The average molecular weight is 310 g/mol. The van der Waals surface area contributed by atoms with Gasteiger partial charge in [-0.2, -0.15) is 0 Å². The first-order valence-corrected chi connectivity index (χ1v) is 8.35. The van der Waals surface area contributed by atoms with Crippen molar-refractivity contribution in [2.24, 2.45) is 5.92 Å². The number of rotatable bonds is 3. The maximum Gasteiger partial charge on any atom is 0.270 e. The quantitative estimate of drug-likeness (QED) is 0.945. The molecule has 3 aliphatic heterocycles. The topological polar surface area (TPSA) is 52.2 Å². The minimum atomic E-state index is 0.149. The number of pyridine rings is 1. The molecule has 2 aromatic rings. The number of aromatic amines is 1. The van der Waals surface area contributed by atoms with Gasteiger partial charge in [0.2, 0.25) is 0 Å². The molecular formula is C18H22N4O. The molecule has 5 heterocycles. The highest BCUT2D eigenvalue weighted by Gasteiger charge is 2.37. The summed E-state index contributed by atoms with van der Waals surface area (Å²) in [6.45, 7) is 3.87. The van der Waals surface area contributed by atoms with E-state index in [-0.39, 0.29) is 5.91 Å². The van der Waals surface area contributed by atoms with Crippen molar-refractivity contribution in [2.45, 2.75) is 25.4 Å². The Morgan fingerprint density at radius 2 is 2.04 bits per heavy atom. The molecule has 0 radical (unpaired) electrons. The lowest BCUT2D eigenvalue weighted by molar-refractivity contribution is 0.0579. The molecule has 0 unspecified atom stereocenters. The second kappa shape index (κ2) is 6.16. The Kier molecular flexibility index (Phi) is 3.87. The third-order valence-corrected chi connectivity index (χ3v) is 5.03. The van der Waals surface area contributed by atoms with Crippen LogP contribution in [-0.2, 0) is 6.54 Å². The molecule has 3 aliphatic rings. The zero-order valence-electron chi connectivity index (χ0n) is 13.2. The lowest BCUT2D eigenvalue weighted by atomic mass is 9.95. The SMILES string of the molecule is O=C(c1ccc[nH]1)N1C[C@H]2CC[C@@H]1CN(Cc1ccncc1)C2. The molecule has 0 spiro atoms. The van der Waals surface area contributed by atoms with Crippen LogP contribution < -0.4 is 0 Å². The van der Waals surface area contributed by atoms with E-state index in [2.05, 4.69) is 31.9 Å². The number of aromatic nitrogens is 2. The Morgan fingerprint density at radius 1 is 1.17 bits per heavy atom. The summed E-state index contributed by atoms with van der Waals surface area (Å²) < 4.78 is 0. The van der Waals surface area contributed by atoms with Crippen molar-refractivity contribution in [1.29, 1.82) is 0 Å². The number of nitrogens with one attached hydrogen (secondary N) is 1. The first-order chi connectivity index (χ1) is 11.3. The van der Waals surface area contributed by atoms with Gasteiger partial charge in [0.05, 0.1) is 0 Å². The first kappa shape index (κ1) is 14.5. The molecular weight excluding hydrogens is 288 g/mol. The number of nitrogens with zero attached hydrogens (tertiary/aromatic N) is 3. The molecule has 1 amide bonds. The highest BCUT2D eigenvalue weighted by atomic mass is 16.2. The molecule has 0 aromatic carbocycles. The summed E-state index contributed by atoms with van der Waals surface area (Å²) in [5, 5.41) is 0. The highest BCUT2D eigenvalue weighted by molar-refractivity contribution is 5.92. The zero-order valence-corrected chi connectivity index (χ0v) is 13.2. The molecule has 2 aromatic heterocycles. The second-order valence-corrected chi connectivity index (χ2v) is 6.69. The minimum Gasteiger partial charge on any atom is -0.357 e. The van der Waals surface area contributed by atoms with E-state index >= 15 is 0 Å². The van der Waals surface area contributed by atoms with E-state index in [0.29, 0.717) is 17.7 Å². The van der Waals surface area contributed by atoms with Crippen molar-refractivity contribution in [3.8, 4) is 0 Å². The highest BCUT2D eigenvalue weighted by Crippen LogP contribution is 2.29. The largest absolute Gasteiger partial charge is 0.357 e. The molecule has 120 valence electrons. The molecule has 3 fully saturated rings. The van der Waals surface area contributed by atoms with Gasteiger partial charge in [-0.3, -0.25) is 14.7 Å². The fourth-order valence-electron chi connectivity index (χ4n) is 3.92. The Morgan fingerprint density at radius 3 is 2.83 bits per heavy atom. The van der Waals surface area contributed by atoms with Crippen LogP contribution in [0.1, 0.15) is 28.9 Å². The number of piperidine rings is 1. The first-order valence-electron chi connectivity index (χ1n) is 8.35. The summed E-state index contributed by atoms with van der Waals surface area (Å²) in [4.78, 5) is 24.5. The molecule has 5 heteroatoms. The number of fused-ring (bicyclic) bond motifs is 4. The van der Waals surface area contributed by atoms with Crippen LogP contribution in [0.5, 0.6) is 0 Å². The molecule has 23 heavy (non-hydrogen) atoms. The van der Waals surface area contributed by atoms with Crippen LogP contribution in [0.4, 0.5) is 0 Å². The van der Waals surface area contributed by atoms with Gasteiger partial charge in [-0.05, 0) is 48.6 Å². The summed E-state index contributed by atoms with van der Waals surface area (Å²) in [5.74, 6) is 0.727. The van der Waals surface area contributed by atoms with Gasteiger partial charge in [0.1, 0.15) is 5.69 Å². The fraction of sp³-hybridized carbons (Fsp3) is 0.444. The van der Waals surface area contributed by atoms with Crippen LogP contribution in [0.3, 0.4) is 0 Å². The van der Waals surface area contributed by atoms with E-state index < -0.39 is 0 Å². The van der Waals surface area contributed by atoms with Crippen molar-refractivity contribution < 1.29 is 4.79 Å². The van der Waals surface area contributed by atoms with Crippen LogP contribution in [0.2, 0.25) is 0 Å². The molecule has 3 saturated heterocycles. The van der Waals surface area contributed by atoms with Crippen LogP contribution in [0, 0.1) is 5.92 Å². The molecule has 5 nitrogen and oxygen atoms in total. The minimum absolute atomic E-state index is 0.149. The number of carbonyl (C=O) groups excluding carboxylic acids is 1. The summed E-state index contributed by atoms with van der Waals surface area (Å²) in [6, 6.07) is 8.24. The van der Waals surface area contributed by atoms with Crippen LogP contribution in [-0.4, -0.2) is 51.4 Å². The Balaban J connectivity index is 1.49. The number of hydrogen-bond donors (Lipinski definition) is 1. The van der Waals surface area contributed by atoms with E-state index in [1.54, 1.807) is 0 Å². The molecule has 2 bridgehead atoms. The lowest BCUT2D eigenvalue weighted by Gasteiger charge is -2.36. The molecule has 0 aliphatic carbocycles. The maximum atomic E-state index is 12.7. The van der Waals surface area contributed by atoms with Gasteiger partial charge in [-0.15, -0.1) is 0 Å². The van der Waals surface area contributed by atoms with Crippen molar-refractivity contribution in [1.82, 2.24) is 19.8 Å². The van der Waals surface area contributed by atoms with Crippen LogP contribution >= 0.6 is 0 Å². The van der Waals surface area contributed by atoms with E-state index in [1.807, 2.05) is 30.7 Å². The number of amides is 1. The molecule has 2 atom stereocenters. The van der Waals surface area contributed by atoms with Crippen molar-refractivity contribution in [2.75, 3.05) is 19.6 Å². The summed E-state index contributed by atoms with van der Waals surface area (Å²) >= 11 is 0. The summed E-state index contributed by atoms with van der Waals surface area (Å²) in [7, 11) is 0. The monoisotopic (exact) mass is 310 g/mol. The van der Waals surface area contributed by atoms with E-state index in [4.69, 9.17) is 0 Å². The van der Waals surface area contributed by atoms with Gasteiger partial charge in [0.15, 0.2) is 0 Å². The van der Waals surface area contributed by atoms with Gasteiger partial charge >= 0.3 is 0 Å². The third-order valence-electron chi connectivity index (χ3n) is 5.03. The van der Waals surface area contributed by atoms with Crippen molar-refractivity contribution in [3.63, 3.8) is 0 Å². The fourth-order valence-corrected chi connectivity index (χ4v) is 3.92. The maximum absolute atomic E-state index is 12.7. The van der Waals surface area contributed by atoms with Crippen LogP contribution in [0.25, 0.3) is 0 Å². The normalized spacial score (nSPS) is 24.6. The summed E-state index contributed by atoms with van der Waals surface area (Å²) in [6.07, 6.45) is 7.86. The van der Waals surface area contributed by atoms with Gasteiger partial charge in [0.25, 0.3) is 5.91 Å². The lowest BCUT2D eigenvalue weighted by Crippen LogP contribution is -2.47. The zero-order chi connectivity index (χ0) is 15.6. The Hall–Kier alpha value is -2.14. The summed E-state index contributed by atoms with van der Waals surface area (Å²) in [5.41, 5.74) is 2.00. The Bertz CT molecular complexity index is 655. The van der Waals surface area contributed by atoms with Crippen molar-refractivity contribution in [3.05, 3.63) is 54.1 Å². The number of hydrogen-bond acceptors (Lipinski definition) is 3. The number of H-pyrrole nitrogens is 1. The van der Waals surface area contributed by atoms with E-state index in [0.717, 1.165) is 32.6 Å².